The van der Waals surface area contributed by atoms with Crippen LogP contribution in [0.15, 0.2) is 0 Å². The molecule has 0 bridgehead atoms. The van der Waals surface area contributed by atoms with Crippen molar-refractivity contribution in [3.05, 3.63) is 0 Å². The minimum atomic E-state index is 0.517. The van der Waals surface area contributed by atoms with Crippen LogP contribution >= 0.6 is 0 Å². The molecule has 1 aliphatic heterocycles. The maximum Gasteiger partial charge on any atom is 0.0509 e. The van der Waals surface area contributed by atoms with Gasteiger partial charge in [-0.05, 0) is 57.4 Å². The van der Waals surface area contributed by atoms with Gasteiger partial charge in [-0.25, -0.2) is 0 Å². The van der Waals surface area contributed by atoms with Crippen LogP contribution in [-0.4, -0.2) is 43.8 Å². The Morgan fingerprint density at radius 2 is 1.94 bits per heavy atom. The molecule has 2 atom stereocenters. The van der Waals surface area contributed by atoms with Gasteiger partial charge in [0.05, 0.1) is 6.61 Å². The van der Waals surface area contributed by atoms with Gasteiger partial charge >= 0.3 is 0 Å². The molecule has 0 aromatic rings. The van der Waals surface area contributed by atoms with Gasteiger partial charge in [0.2, 0.25) is 0 Å². The van der Waals surface area contributed by atoms with Crippen molar-refractivity contribution in [2.45, 2.75) is 57.5 Å². The standard InChI is InChI=1S/C15H30N2O/c1-12-5-7-14(8-6-12)17(2)15(10-16)13-4-3-9-18-11-13/h12-15H,3-11,16H2,1-2H3. The van der Waals surface area contributed by atoms with Crippen LogP contribution < -0.4 is 5.73 Å². The number of ether oxygens (including phenoxy) is 1. The molecule has 0 spiro atoms. The van der Waals surface area contributed by atoms with E-state index in [1.165, 1.54) is 38.5 Å². The third-order valence-electron chi connectivity index (χ3n) is 5.07. The molecule has 0 aromatic carbocycles. The highest BCUT2D eigenvalue weighted by Crippen LogP contribution is 2.30. The average Bonchev–Trinajstić information content (AvgIpc) is 2.41. The molecule has 0 amide bonds. The van der Waals surface area contributed by atoms with E-state index in [0.717, 1.165) is 31.7 Å². The molecule has 2 rings (SSSR count). The normalized spacial score (nSPS) is 35.7. The second kappa shape index (κ2) is 6.88. The van der Waals surface area contributed by atoms with Gasteiger partial charge in [-0.2, -0.15) is 0 Å². The van der Waals surface area contributed by atoms with E-state index in [1.54, 1.807) is 0 Å². The number of nitrogens with zero attached hydrogens (tertiary/aromatic N) is 1. The fraction of sp³-hybridized carbons (Fsp3) is 1.00. The van der Waals surface area contributed by atoms with E-state index < -0.39 is 0 Å². The molecule has 1 saturated heterocycles. The number of rotatable bonds is 4. The third-order valence-corrected chi connectivity index (χ3v) is 5.07. The average molecular weight is 254 g/mol. The number of hydrogen-bond acceptors (Lipinski definition) is 3. The summed E-state index contributed by atoms with van der Waals surface area (Å²) in [6.45, 7) is 5.01. The van der Waals surface area contributed by atoms with E-state index in [4.69, 9.17) is 10.5 Å². The van der Waals surface area contributed by atoms with Gasteiger partial charge in [-0.1, -0.05) is 6.92 Å². The van der Waals surface area contributed by atoms with Gasteiger partial charge in [0, 0.05) is 25.2 Å². The summed E-state index contributed by atoms with van der Waals surface area (Å²) in [6, 6.07) is 1.26. The minimum absolute atomic E-state index is 0.517. The second-order valence-corrected chi connectivity index (χ2v) is 6.36. The lowest BCUT2D eigenvalue weighted by Crippen LogP contribution is -2.51. The fourth-order valence-corrected chi connectivity index (χ4v) is 3.68. The van der Waals surface area contributed by atoms with Gasteiger partial charge in [-0.3, -0.25) is 4.90 Å². The Kier molecular flexibility index (Phi) is 5.46. The molecule has 0 aromatic heterocycles. The molecule has 3 nitrogen and oxygen atoms in total. The summed E-state index contributed by atoms with van der Waals surface area (Å²) >= 11 is 0. The molecule has 3 heteroatoms. The molecule has 106 valence electrons. The Balaban J connectivity index is 1.89. The largest absolute Gasteiger partial charge is 0.381 e. The lowest BCUT2D eigenvalue weighted by atomic mass is 9.84. The van der Waals surface area contributed by atoms with Crippen LogP contribution in [0.4, 0.5) is 0 Å². The molecule has 2 aliphatic rings. The summed E-state index contributed by atoms with van der Waals surface area (Å²) in [5.74, 6) is 1.57. The van der Waals surface area contributed by atoms with E-state index >= 15 is 0 Å². The first-order valence-corrected chi connectivity index (χ1v) is 7.72. The van der Waals surface area contributed by atoms with Crippen LogP contribution in [0.1, 0.15) is 45.4 Å². The van der Waals surface area contributed by atoms with Crippen molar-refractivity contribution in [3.63, 3.8) is 0 Å². The Labute approximate surface area is 112 Å². The van der Waals surface area contributed by atoms with Crippen molar-refractivity contribution >= 4 is 0 Å². The Morgan fingerprint density at radius 1 is 1.22 bits per heavy atom. The predicted molar refractivity (Wildman–Crippen MR) is 75.6 cm³/mol. The smallest absolute Gasteiger partial charge is 0.0509 e. The fourth-order valence-electron chi connectivity index (χ4n) is 3.68. The van der Waals surface area contributed by atoms with Crippen molar-refractivity contribution < 1.29 is 4.74 Å². The summed E-state index contributed by atoms with van der Waals surface area (Å²) in [5, 5.41) is 0. The van der Waals surface area contributed by atoms with Gasteiger partial charge in [0.25, 0.3) is 0 Å². The summed E-state index contributed by atoms with van der Waals surface area (Å²) in [4.78, 5) is 2.57. The topological polar surface area (TPSA) is 38.5 Å². The van der Waals surface area contributed by atoms with Crippen molar-refractivity contribution in [3.8, 4) is 0 Å². The lowest BCUT2D eigenvalue weighted by molar-refractivity contribution is 0.00123. The summed E-state index contributed by atoms with van der Waals surface area (Å²) < 4.78 is 5.64. The molecule has 1 saturated carbocycles. The molecule has 0 radical (unpaired) electrons. The van der Waals surface area contributed by atoms with Gasteiger partial charge < -0.3 is 10.5 Å². The maximum absolute atomic E-state index is 6.04. The Morgan fingerprint density at radius 3 is 2.50 bits per heavy atom. The SMILES string of the molecule is CC1CCC(N(C)C(CN)C2CCCOC2)CC1. The molecular weight excluding hydrogens is 224 g/mol. The van der Waals surface area contributed by atoms with E-state index in [0.29, 0.717) is 12.0 Å². The van der Waals surface area contributed by atoms with E-state index in [-0.39, 0.29) is 0 Å². The quantitative estimate of drug-likeness (QED) is 0.836. The van der Waals surface area contributed by atoms with E-state index in [2.05, 4.69) is 18.9 Å². The first-order chi connectivity index (χ1) is 8.72. The zero-order valence-electron chi connectivity index (χ0n) is 12.1. The Bertz CT molecular complexity index is 233. The van der Waals surface area contributed by atoms with Crippen molar-refractivity contribution in [1.29, 1.82) is 0 Å². The number of nitrogens with two attached hydrogens (primary N) is 1. The zero-order valence-corrected chi connectivity index (χ0v) is 12.1. The zero-order chi connectivity index (χ0) is 13.0. The van der Waals surface area contributed by atoms with Crippen molar-refractivity contribution in [1.82, 2.24) is 4.90 Å². The van der Waals surface area contributed by atoms with Crippen LogP contribution in [-0.2, 0) is 4.74 Å². The highest BCUT2D eigenvalue weighted by Gasteiger charge is 2.31. The summed E-state index contributed by atoms with van der Waals surface area (Å²) in [5.41, 5.74) is 6.04. The molecular formula is C15H30N2O. The van der Waals surface area contributed by atoms with Crippen molar-refractivity contribution in [2.75, 3.05) is 26.8 Å². The highest BCUT2D eigenvalue weighted by molar-refractivity contribution is 4.86. The monoisotopic (exact) mass is 254 g/mol. The first kappa shape index (κ1) is 14.3. The van der Waals surface area contributed by atoms with Gasteiger partial charge in [0.15, 0.2) is 0 Å². The highest BCUT2D eigenvalue weighted by atomic mass is 16.5. The molecule has 18 heavy (non-hydrogen) atoms. The van der Waals surface area contributed by atoms with Gasteiger partial charge in [0.1, 0.15) is 0 Å². The molecule has 2 unspecified atom stereocenters. The molecule has 2 fully saturated rings. The van der Waals surface area contributed by atoms with E-state index in [9.17, 15) is 0 Å². The lowest BCUT2D eigenvalue weighted by Gasteiger charge is -2.42. The molecule has 2 N–H and O–H groups in total. The summed E-state index contributed by atoms with van der Waals surface area (Å²) in [6.07, 6.45) is 7.95. The van der Waals surface area contributed by atoms with Crippen LogP contribution in [0.25, 0.3) is 0 Å². The van der Waals surface area contributed by atoms with Crippen LogP contribution in [0.3, 0.4) is 0 Å². The summed E-state index contributed by atoms with van der Waals surface area (Å²) in [7, 11) is 2.28. The van der Waals surface area contributed by atoms with E-state index in [1.807, 2.05) is 0 Å². The third kappa shape index (κ3) is 3.46. The predicted octanol–water partition coefficient (Wildman–Crippen LogP) is 2.25. The van der Waals surface area contributed by atoms with Crippen LogP contribution in [0.5, 0.6) is 0 Å². The number of hydrogen-bond donors (Lipinski definition) is 1. The van der Waals surface area contributed by atoms with Crippen LogP contribution in [0, 0.1) is 11.8 Å². The molecule has 1 heterocycles. The number of likely N-dealkylation sites (N-methyl/N-ethyl adjacent to an activating group) is 1. The Hall–Kier alpha value is -0.120. The van der Waals surface area contributed by atoms with Gasteiger partial charge in [-0.15, -0.1) is 0 Å². The van der Waals surface area contributed by atoms with Crippen molar-refractivity contribution in [2.24, 2.45) is 17.6 Å². The second-order valence-electron chi connectivity index (χ2n) is 6.36. The molecule has 1 aliphatic carbocycles. The minimum Gasteiger partial charge on any atom is -0.381 e. The van der Waals surface area contributed by atoms with Crippen LogP contribution in [0.2, 0.25) is 0 Å². The maximum atomic E-state index is 6.04. The first-order valence-electron chi connectivity index (χ1n) is 7.72.